The van der Waals surface area contributed by atoms with Gasteiger partial charge in [0.15, 0.2) is 0 Å². The molecular formula is C16H22N4O2S. The molecule has 0 bridgehead atoms. The number of rotatable bonds is 7. The fraction of sp³-hybridized carbons (Fsp3) is 0.375. The average Bonchev–Trinajstić information content (AvgIpc) is 2.92. The Kier molecular flexibility index (Phi) is 6.34. The predicted octanol–water partition coefficient (Wildman–Crippen LogP) is 2.53. The molecule has 2 aromatic rings. The number of hydrogen-bond donors (Lipinski definition) is 2. The second-order valence-electron chi connectivity index (χ2n) is 5.24. The molecule has 1 atom stereocenters. The zero-order valence-electron chi connectivity index (χ0n) is 13.4. The van der Waals surface area contributed by atoms with Gasteiger partial charge in [-0.3, -0.25) is 4.21 Å². The zero-order chi connectivity index (χ0) is 16.7. The Labute approximate surface area is 138 Å². The number of unbranched alkanes of at least 4 members (excludes halogenated alkanes) is 1. The van der Waals surface area contributed by atoms with Gasteiger partial charge in [-0.25, -0.2) is 9.78 Å². The van der Waals surface area contributed by atoms with E-state index in [0.29, 0.717) is 17.1 Å². The van der Waals surface area contributed by atoms with Crippen LogP contribution in [0.25, 0.3) is 0 Å². The molecule has 0 aliphatic rings. The zero-order valence-corrected chi connectivity index (χ0v) is 14.2. The van der Waals surface area contributed by atoms with Gasteiger partial charge in [0.05, 0.1) is 0 Å². The molecule has 2 rings (SSSR count). The summed E-state index contributed by atoms with van der Waals surface area (Å²) in [5.74, 6) is 1.00. The van der Waals surface area contributed by atoms with E-state index in [1.54, 1.807) is 36.7 Å². The average molecular weight is 334 g/mol. The second kappa shape index (κ2) is 8.47. The van der Waals surface area contributed by atoms with Crippen molar-refractivity contribution >= 4 is 22.5 Å². The number of carbonyl (C=O) groups excluding carboxylic acids is 1. The fourth-order valence-corrected chi connectivity index (χ4v) is 2.74. The first-order valence-electron chi connectivity index (χ1n) is 7.52. The molecule has 0 saturated carbocycles. The third kappa shape index (κ3) is 5.52. The minimum atomic E-state index is -1.06. The number of nitrogens with one attached hydrogen (secondary N) is 2. The molecule has 0 fully saturated rings. The van der Waals surface area contributed by atoms with E-state index in [1.165, 1.54) is 0 Å². The summed E-state index contributed by atoms with van der Waals surface area (Å²) in [6.45, 7) is 3.49. The lowest BCUT2D eigenvalue weighted by Gasteiger charge is -2.09. The van der Waals surface area contributed by atoms with Crippen LogP contribution in [-0.2, 0) is 17.3 Å². The minimum Gasteiger partial charge on any atom is -0.338 e. The first kappa shape index (κ1) is 17.2. The second-order valence-corrected chi connectivity index (χ2v) is 6.62. The van der Waals surface area contributed by atoms with Crippen molar-refractivity contribution in [3.63, 3.8) is 0 Å². The van der Waals surface area contributed by atoms with E-state index in [-0.39, 0.29) is 6.03 Å². The summed E-state index contributed by atoms with van der Waals surface area (Å²) in [6.07, 6.45) is 7.23. The molecule has 1 aromatic heterocycles. The van der Waals surface area contributed by atoms with Gasteiger partial charge in [0.2, 0.25) is 0 Å². The van der Waals surface area contributed by atoms with Crippen molar-refractivity contribution in [1.29, 1.82) is 0 Å². The van der Waals surface area contributed by atoms with Gasteiger partial charge in [0.1, 0.15) is 5.82 Å². The van der Waals surface area contributed by atoms with Crippen LogP contribution in [0.1, 0.15) is 18.7 Å². The van der Waals surface area contributed by atoms with Gasteiger partial charge in [-0.05, 0) is 38.0 Å². The van der Waals surface area contributed by atoms with Crippen LogP contribution in [0.15, 0.2) is 41.6 Å². The lowest BCUT2D eigenvalue weighted by molar-refractivity contribution is 0.252. The smallest absolute Gasteiger partial charge is 0.319 e. The SMILES string of the molecule is Cc1nccn1CCCCNC(=O)Nc1cccc([S@@](C)=O)c1. The molecule has 0 radical (unpaired) electrons. The van der Waals surface area contributed by atoms with E-state index in [2.05, 4.69) is 20.2 Å². The molecule has 0 saturated heterocycles. The quantitative estimate of drug-likeness (QED) is 0.764. The number of carbonyl (C=O) groups is 1. The van der Waals surface area contributed by atoms with Gasteiger partial charge in [-0.1, -0.05) is 6.07 Å². The van der Waals surface area contributed by atoms with Crippen molar-refractivity contribution in [3.05, 3.63) is 42.5 Å². The molecule has 6 nitrogen and oxygen atoms in total. The Bertz CT molecular complexity index is 684. The molecule has 1 heterocycles. The van der Waals surface area contributed by atoms with Crippen molar-refractivity contribution in [2.45, 2.75) is 31.2 Å². The fourth-order valence-electron chi connectivity index (χ4n) is 2.18. The van der Waals surface area contributed by atoms with E-state index in [0.717, 1.165) is 25.2 Å². The van der Waals surface area contributed by atoms with E-state index in [4.69, 9.17) is 0 Å². The van der Waals surface area contributed by atoms with Crippen LogP contribution in [0.4, 0.5) is 10.5 Å². The van der Waals surface area contributed by atoms with Gasteiger partial charge < -0.3 is 15.2 Å². The first-order chi connectivity index (χ1) is 11.1. The van der Waals surface area contributed by atoms with E-state index < -0.39 is 10.8 Å². The minimum absolute atomic E-state index is 0.247. The number of anilines is 1. The summed E-state index contributed by atoms with van der Waals surface area (Å²) < 4.78 is 13.5. The van der Waals surface area contributed by atoms with Crippen molar-refractivity contribution in [3.8, 4) is 0 Å². The lowest BCUT2D eigenvalue weighted by atomic mass is 10.3. The molecule has 0 aliphatic carbocycles. The van der Waals surface area contributed by atoms with Crippen LogP contribution < -0.4 is 10.6 Å². The van der Waals surface area contributed by atoms with Gasteiger partial charge in [-0.2, -0.15) is 0 Å². The number of imidazole rings is 1. The highest BCUT2D eigenvalue weighted by Gasteiger charge is 2.03. The van der Waals surface area contributed by atoms with Gasteiger partial charge in [0.25, 0.3) is 0 Å². The van der Waals surface area contributed by atoms with E-state index in [9.17, 15) is 9.00 Å². The Balaban J connectivity index is 1.68. The normalized spacial score (nSPS) is 11.9. The molecule has 2 N–H and O–H groups in total. The molecule has 23 heavy (non-hydrogen) atoms. The van der Waals surface area contributed by atoms with Gasteiger partial charge in [0, 0.05) is 53.1 Å². The van der Waals surface area contributed by atoms with Crippen molar-refractivity contribution < 1.29 is 9.00 Å². The Morgan fingerprint density at radius 2 is 2.17 bits per heavy atom. The van der Waals surface area contributed by atoms with Crippen LogP contribution in [0.3, 0.4) is 0 Å². The molecule has 2 amide bonds. The molecule has 7 heteroatoms. The van der Waals surface area contributed by atoms with Crippen molar-refractivity contribution in [2.75, 3.05) is 18.1 Å². The highest BCUT2D eigenvalue weighted by molar-refractivity contribution is 7.84. The highest BCUT2D eigenvalue weighted by atomic mass is 32.2. The third-order valence-electron chi connectivity index (χ3n) is 3.46. The van der Waals surface area contributed by atoms with E-state index in [1.807, 2.05) is 13.1 Å². The molecule has 124 valence electrons. The van der Waals surface area contributed by atoms with Crippen molar-refractivity contribution in [2.24, 2.45) is 0 Å². The number of nitrogens with zero attached hydrogens (tertiary/aromatic N) is 2. The summed E-state index contributed by atoms with van der Waals surface area (Å²) in [7, 11) is -1.06. The van der Waals surface area contributed by atoms with Gasteiger partial charge >= 0.3 is 6.03 Å². The molecular weight excluding hydrogens is 312 g/mol. The number of aryl methyl sites for hydroxylation is 2. The number of amides is 2. The summed E-state index contributed by atoms with van der Waals surface area (Å²) in [5.41, 5.74) is 0.643. The predicted molar refractivity (Wildman–Crippen MR) is 92.0 cm³/mol. The topological polar surface area (TPSA) is 76.0 Å². The van der Waals surface area contributed by atoms with Crippen LogP contribution >= 0.6 is 0 Å². The number of benzene rings is 1. The van der Waals surface area contributed by atoms with Crippen LogP contribution in [-0.4, -0.2) is 32.6 Å². The maximum Gasteiger partial charge on any atom is 0.319 e. The molecule has 0 spiro atoms. The van der Waals surface area contributed by atoms with Gasteiger partial charge in [-0.15, -0.1) is 0 Å². The van der Waals surface area contributed by atoms with Crippen LogP contribution in [0.5, 0.6) is 0 Å². The number of aromatic nitrogens is 2. The van der Waals surface area contributed by atoms with Crippen LogP contribution in [0.2, 0.25) is 0 Å². The molecule has 0 aliphatic heterocycles. The Morgan fingerprint density at radius 3 is 2.87 bits per heavy atom. The third-order valence-corrected chi connectivity index (χ3v) is 4.38. The maximum atomic E-state index is 11.8. The first-order valence-corrected chi connectivity index (χ1v) is 9.08. The standard InChI is InChI=1S/C16H22N4O2S/c1-13-17-9-11-20(13)10-4-3-8-18-16(21)19-14-6-5-7-15(12-14)23(2)22/h5-7,9,11-12H,3-4,8,10H2,1-2H3,(H2,18,19,21)/t23-/m1/s1. The monoisotopic (exact) mass is 334 g/mol. The Hall–Kier alpha value is -2.15. The van der Waals surface area contributed by atoms with Crippen molar-refractivity contribution in [1.82, 2.24) is 14.9 Å². The number of urea groups is 1. The summed E-state index contributed by atoms with van der Waals surface area (Å²) in [5, 5.41) is 5.57. The largest absolute Gasteiger partial charge is 0.338 e. The summed E-state index contributed by atoms with van der Waals surface area (Å²) >= 11 is 0. The summed E-state index contributed by atoms with van der Waals surface area (Å²) in [6, 6.07) is 6.80. The van der Waals surface area contributed by atoms with Crippen LogP contribution in [0, 0.1) is 6.92 Å². The Morgan fingerprint density at radius 1 is 1.35 bits per heavy atom. The number of hydrogen-bond acceptors (Lipinski definition) is 3. The maximum absolute atomic E-state index is 11.8. The lowest BCUT2D eigenvalue weighted by Crippen LogP contribution is -2.29. The molecule has 1 aromatic carbocycles. The van der Waals surface area contributed by atoms with E-state index >= 15 is 0 Å². The summed E-state index contributed by atoms with van der Waals surface area (Å²) in [4.78, 5) is 16.7. The molecule has 0 unspecified atom stereocenters. The highest BCUT2D eigenvalue weighted by Crippen LogP contribution is 2.12.